The highest BCUT2D eigenvalue weighted by Gasteiger charge is 2.42. The predicted molar refractivity (Wildman–Crippen MR) is 129 cm³/mol. The first kappa shape index (κ1) is 24.8. The number of rotatable bonds is 7. The number of halogens is 2. The highest BCUT2D eigenvalue weighted by Crippen LogP contribution is 2.43. The third-order valence-electron chi connectivity index (χ3n) is 7.83. The zero-order chi connectivity index (χ0) is 25.3. The average Bonchev–Trinajstić information content (AvgIpc) is 3.46. The summed E-state index contributed by atoms with van der Waals surface area (Å²) in [6, 6.07) is 4.52. The molecular formula is C27H32F2N4O3. The van der Waals surface area contributed by atoms with Crippen LogP contribution in [0.3, 0.4) is 0 Å². The second-order valence-corrected chi connectivity index (χ2v) is 10.0. The molecule has 2 amide bonds. The van der Waals surface area contributed by atoms with Crippen LogP contribution in [0.25, 0.3) is 0 Å². The lowest BCUT2D eigenvalue weighted by Crippen LogP contribution is -2.44. The van der Waals surface area contributed by atoms with Crippen molar-refractivity contribution in [2.45, 2.75) is 50.4 Å². The van der Waals surface area contributed by atoms with E-state index < -0.39 is 17.7 Å². The van der Waals surface area contributed by atoms with Gasteiger partial charge >= 0.3 is 0 Å². The first-order valence-electron chi connectivity index (χ1n) is 12.7. The van der Waals surface area contributed by atoms with Crippen LogP contribution in [-0.4, -0.2) is 71.3 Å². The number of hydrogen-bond donors (Lipinski definition) is 0. The standard InChI is InChI=1S/C27H32F2N4O3/c1-31(26(35)25(33-13-2-4-24(33)34)19-5-6-22(28)23(29)16-19)11-3-12-32-14-8-27(9-15-32)21-17-30-10-7-20(21)18-36-27/h5-7,10,16-17,25H,2-4,8-9,11-15,18H2,1H3. The molecule has 1 aromatic carbocycles. The molecule has 1 unspecified atom stereocenters. The maximum atomic E-state index is 14.0. The molecule has 4 heterocycles. The van der Waals surface area contributed by atoms with E-state index in [1.165, 1.54) is 22.1 Å². The van der Waals surface area contributed by atoms with Crippen LogP contribution in [0.1, 0.15) is 54.8 Å². The normalized spacial score (nSPS) is 20.1. The number of carbonyl (C=O) groups is 2. The van der Waals surface area contributed by atoms with Gasteiger partial charge in [-0.3, -0.25) is 14.6 Å². The van der Waals surface area contributed by atoms with E-state index in [-0.39, 0.29) is 17.4 Å². The Morgan fingerprint density at radius 1 is 1.19 bits per heavy atom. The van der Waals surface area contributed by atoms with Crippen molar-refractivity contribution < 1.29 is 23.1 Å². The van der Waals surface area contributed by atoms with E-state index in [1.807, 2.05) is 18.5 Å². The van der Waals surface area contributed by atoms with E-state index >= 15 is 0 Å². The van der Waals surface area contributed by atoms with E-state index in [2.05, 4.69) is 9.88 Å². The summed E-state index contributed by atoms with van der Waals surface area (Å²) in [4.78, 5) is 35.6. The molecule has 2 fully saturated rings. The molecule has 0 bridgehead atoms. The van der Waals surface area contributed by atoms with Gasteiger partial charge in [-0.15, -0.1) is 0 Å². The van der Waals surface area contributed by atoms with Crippen LogP contribution < -0.4 is 0 Å². The van der Waals surface area contributed by atoms with Crippen LogP contribution in [-0.2, 0) is 26.5 Å². The van der Waals surface area contributed by atoms with Gasteiger partial charge in [-0.1, -0.05) is 6.07 Å². The molecular weight excluding hydrogens is 466 g/mol. The summed E-state index contributed by atoms with van der Waals surface area (Å²) in [5.41, 5.74) is 2.52. The number of hydrogen-bond acceptors (Lipinski definition) is 5. The predicted octanol–water partition coefficient (Wildman–Crippen LogP) is 3.39. The average molecular weight is 499 g/mol. The van der Waals surface area contributed by atoms with Crippen molar-refractivity contribution in [2.24, 2.45) is 0 Å². The molecule has 1 atom stereocenters. The van der Waals surface area contributed by atoms with Crippen molar-refractivity contribution in [1.82, 2.24) is 19.7 Å². The van der Waals surface area contributed by atoms with Gasteiger partial charge in [0, 0.05) is 57.6 Å². The molecule has 2 saturated heterocycles. The maximum Gasteiger partial charge on any atom is 0.249 e. The van der Waals surface area contributed by atoms with Crippen molar-refractivity contribution in [3.8, 4) is 0 Å². The lowest BCUT2D eigenvalue weighted by molar-refractivity contribution is -0.143. The van der Waals surface area contributed by atoms with Gasteiger partial charge in [-0.25, -0.2) is 8.78 Å². The molecule has 3 aliphatic heterocycles. The zero-order valence-corrected chi connectivity index (χ0v) is 20.6. The minimum atomic E-state index is -1.02. The Bertz CT molecular complexity index is 1140. The molecule has 1 aromatic heterocycles. The van der Waals surface area contributed by atoms with Crippen molar-refractivity contribution in [3.05, 3.63) is 65.0 Å². The Labute approximate surface area is 210 Å². The summed E-state index contributed by atoms with van der Waals surface area (Å²) >= 11 is 0. The van der Waals surface area contributed by atoms with Gasteiger partial charge in [0.05, 0.1) is 12.2 Å². The molecule has 2 aromatic rings. The van der Waals surface area contributed by atoms with Gasteiger partial charge in [0.1, 0.15) is 6.04 Å². The lowest BCUT2D eigenvalue weighted by atomic mass is 9.85. The number of amides is 2. The molecule has 0 saturated carbocycles. The van der Waals surface area contributed by atoms with E-state index in [0.29, 0.717) is 38.1 Å². The molecule has 0 aliphatic carbocycles. The fourth-order valence-corrected chi connectivity index (χ4v) is 5.74. The SMILES string of the molecule is CN(CCCN1CCC2(CC1)OCc1ccncc12)C(=O)C(c1ccc(F)c(F)c1)N1CCCC1=O. The molecule has 0 N–H and O–H groups in total. The highest BCUT2D eigenvalue weighted by atomic mass is 19.2. The summed E-state index contributed by atoms with van der Waals surface area (Å²) in [7, 11) is 1.71. The van der Waals surface area contributed by atoms with Crippen LogP contribution in [0.15, 0.2) is 36.7 Å². The number of benzene rings is 1. The van der Waals surface area contributed by atoms with E-state index in [1.54, 1.807) is 11.9 Å². The Hall–Kier alpha value is -2.91. The lowest BCUT2D eigenvalue weighted by Gasteiger charge is -2.39. The first-order valence-corrected chi connectivity index (χ1v) is 12.7. The van der Waals surface area contributed by atoms with Gasteiger partial charge in [0.15, 0.2) is 11.6 Å². The first-order chi connectivity index (χ1) is 17.4. The smallest absolute Gasteiger partial charge is 0.249 e. The fourth-order valence-electron chi connectivity index (χ4n) is 5.74. The van der Waals surface area contributed by atoms with Crippen LogP contribution >= 0.6 is 0 Å². The molecule has 192 valence electrons. The summed E-state index contributed by atoms with van der Waals surface area (Å²) in [6.45, 7) is 4.23. The minimum Gasteiger partial charge on any atom is -0.365 e. The second kappa shape index (κ2) is 10.2. The Balaban J connectivity index is 1.17. The maximum absolute atomic E-state index is 14.0. The summed E-state index contributed by atoms with van der Waals surface area (Å²) < 4.78 is 33.7. The zero-order valence-electron chi connectivity index (χ0n) is 20.6. The number of aromatic nitrogens is 1. The van der Waals surface area contributed by atoms with Crippen molar-refractivity contribution >= 4 is 11.8 Å². The van der Waals surface area contributed by atoms with Crippen LogP contribution in [0, 0.1) is 11.6 Å². The number of ether oxygens (including phenoxy) is 1. The number of fused-ring (bicyclic) bond motifs is 2. The van der Waals surface area contributed by atoms with E-state index in [4.69, 9.17) is 4.74 Å². The Kier molecular flexibility index (Phi) is 7.03. The number of carbonyl (C=O) groups excluding carboxylic acids is 2. The number of likely N-dealkylation sites (N-methyl/N-ethyl adjacent to an activating group) is 1. The van der Waals surface area contributed by atoms with Gasteiger partial charge in [0.2, 0.25) is 11.8 Å². The topological polar surface area (TPSA) is 66.0 Å². The highest BCUT2D eigenvalue weighted by molar-refractivity contribution is 5.89. The van der Waals surface area contributed by atoms with E-state index in [9.17, 15) is 18.4 Å². The second-order valence-electron chi connectivity index (χ2n) is 10.0. The third kappa shape index (κ3) is 4.74. The number of pyridine rings is 1. The fraction of sp³-hybridized carbons (Fsp3) is 0.519. The van der Waals surface area contributed by atoms with E-state index in [0.717, 1.165) is 51.0 Å². The molecule has 1 spiro atoms. The van der Waals surface area contributed by atoms with Gasteiger partial charge in [-0.2, -0.15) is 0 Å². The largest absolute Gasteiger partial charge is 0.365 e. The third-order valence-corrected chi connectivity index (χ3v) is 7.83. The van der Waals surface area contributed by atoms with Gasteiger partial charge in [0.25, 0.3) is 0 Å². The summed E-state index contributed by atoms with van der Waals surface area (Å²) in [6.07, 6.45) is 7.35. The number of likely N-dealkylation sites (tertiary alicyclic amines) is 2. The number of piperidine rings is 1. The van der Waals surface area contributed by atoms with Gasteiger partial charge < -0.3 is 19.4 Å². The molecule has 3 aliphatic rings. The summed E-state index contributed by atoms with van der Waals surface area (Å²) in [5.74, 6) is -2.42. The van der Waals surface area contributed by atoms with Crippen molar-refractivity contribution in [2.75, 3.05) is 39.8 Å². The minimum absolute atomic E-state index is 0.139. The summed E-state index contributed by atoms with van der Waals surface area (Å²) in [5, 5.41) is 0. The van der Waals surface area contributed by atoms with Crippen LogP contribution in [0.2, 0.25) is 0 Å². The number of nitrogens with zero attached hydrogens (tertiary/aromatic N) is 4. The Morgan fingerprint density at radius 3 is 2.72 bits per heavy atom. The molecule has 7 nitrogen and oxygen atoms in total. The van der Waals surface area contributed by atoms with Gasteiger partial charge in [-0.05, 0) is 61.6 Å². The molecule has 36 heavy (non-hydrogen) atoms. The molecule has 0 radical (unpaired) electrons. The Morgan fingerprint density at radius 2 is 2.00 bits per heavy atom. The monoisotopic (exact) mass is 498 g/mol. The van der Waals surface area contributed by atoms with Crippen LogP contribution in [0.4, 0.5) is 8.78 Å². The van der Waals surface area contributed by atoms with Crippen LogP contribution in [0.5, 0.6) is 0 Å². The van der Waals surface area contributed by atoms with Crippen molar-refractivity contribution in [1.29, 1.82) is 0 Å². The quantitative estimate of drug-likeness (QED) is 0.586. The molecule has 9 heteroatoms. The molecule has 5 rings (SSSR count). The van der Waals surface area contributed by atoms with Crippen molar-refractivity contribution in [3.63, 3.8) is 0 Å².